The Kier molecular flexibility index (Phi) is 32.5. The lowest BCUT2D eigenvalue weighted by atomic mass is 10.1. The van der Waals surface area contributed by atoms with Crippen molar-refractivity contribution in [2.75, 3.05) is 137 Å². The minimum Gasteiger partial charge on any atom is -0.463 e. The zero-order valence-corrected chi connectivity index (χ0v) is 31.3. The summed E-state index contributed by atoms with van der Waals surface area (Å²) in [6.07, 6.45) is 7.34. The maximum Gasteiger partial charge on any atom is 0.305 e. The molecule has 1 aromatic rings. The summed E-state index contributed by atoms with van der Waals surface area (Å²) in [4.78, 5) is 32.3. The standard InChI is InChI=1S/C35H61N3O15/c1-2-3-4-5-6-7-8-35(39)53-30-29-52-28-27-51-26-25-50-24-23-49-22-21-48-20-19-47-18-17-46-16-15-45-14-13-44-12-11-36-33-10-9-32(37(40)41)31-34(33)38(42)43/h9-10,31,36H,2-8,11-30H2,1H3. The van der Waals surface area contributed by atoms with Crippen molar-refractivity contribution < 1.29 is 62.0 Å². The van der Waals surface area contributed by atoms with Crippen LogP contribution >= 0.6 is 0 Å². The fourth-order valence-electron chi connectivity index (χ4n) is 4.39. The largest absolute Gasteiger partial charge is 0.463 e. The molecule has 1 rings (SSSR count). The number of hydrogen-bond acceptors (Lipinski definition) is 16. The highest BCUT2D eigenvalue weighted by Crippen LogP contribution is 2.28. The third-order valence-electron chi connectivity index (χ3n) is 7.15. The van der Waals surface area contributed by atoms with Gasteiger partial charge in [0.05, 0.1) is 135 Å². The molecule has 0 aliphatic heterocycles. The lowest BCUT2D eigenvalue weighted by Crippen LogP contribution is -2.16. The van der Waals surface area contributed by atoms with Gasteiger partial charge in [0.2, 0.25) is 0 Å². The molecular formula is C35H61N3O15. The normalized spacial score (nSPS) is 11.2. The molecule has 306 valence electrons. The average molecular weight is 764 g/mol. The zero-order chi connectivity index (χ0) is 38.5. The number of hydrogen-bond donors (Lipinski definition) is 1. The second-order valence-electron chi connectivity index (χ2n) is 11.4. The fraction of sp³-hybridized carbons (Fsp3) is 0.800. The Morgan fingerprint density at radius 1 is 0.547 bits per heavy atom. The number of esters is 1. The van der Waals surface area contributed by atoms with Gasteiger partial charge in [0.15, 0.2) is 0 Å². The zero-order valence-electron chi connectivity index (χ0n) is 31.3. The summed E-state index contributed by atoms with van der Waals surface area (Å²) in [5, 5.41) is 24.8. The van der Waals surface area contributed by atoms with Crippen LogP contribution in [0.4, 0.5) is 17.1 Å². The van der Waals surface area contributed by atoms with Crippen molar-refractivity contribution >= 4 is 23.0 Å². The van der Waals surface area contributed by atoms with E-state index in [4.69, 9.17) is 47.4 Å². The van der Waals surface area contributed by atoms with E-state index in [1.165, 1.54) is 37.8 Å². The first-order chi connectivity index (χ1) is 26.0. The Morgan fingerprint density at radius 3 is 1.36 bits per heavy atom. The van der Waals surface area contributed by atoms with Crippen molar-refractivity contribution in [3.05, 3.63) is 38.4 Å². The molecule has 0 fully saturated rings. The molecule has 0 unspecified atom stereocenters. The molecule has 0 saturated carbocycles. The van der Waals surface area contributed by atoms with E-state index >= 15 is 0 Å². The topological polar surface area (TPSA) is 208 Å². The summed E-state index contributed by atoms with van der Waals surface area (Å²) in [6, 6.07) is 3.42. The second kappa shape index (κ2) is 35.9. The summed E-state index contributed by atoms with van der Waals surface area (Å²) in [7, 11) is 0. The molecule has 1 N–H and O–H groups in total. The second-order valence-corrected chi connectivity index (χ2v) is 11.4. The van der Waals surface area contributed by atoms with Crippen molar-refractivity contribution in [3.63, 3.8) is 0 Å². The summed E-state index contributed by atoms with van der Waals surface area (Å²) in [6.45, 7) is 10.3. The maximum absolute atomic E-state index is 11.7. The quantitative estimate of drug-likeness (QED) is 0.0426. The molecule has 1 aromatic carbocycles. The number of nitrogens with one attached hydrogen (secondary N) is 1. The summed E-state index contributed by atoms with van der Waals surface area (Å²) < 4.78 is 54.2. The number of rotatable bonds is 40. The minimum atomic E-state index is -0.682. The van der Waals surface area contributed by atoms with Crippen LogP contribution in [0.3, 0.4) is 0 Å². The van der Waals surface area contributed by atoms with Gasteiger partial charge < -0.3 is 52.7 Å². The molecule has 0 radical (unpaired) electrons. The number of ether oxygens (including phenoxy) is 10. The summed E-state index contributed by atoms with van der Waals surface area (Å²) in [5.41, 5.74) is -0.532. The number of nitro benzene ring substituents is 2. The van der Waals surface area contributed by atoms with Crippen LogP contribution in [0.15, 0.2) is 18.2 Å². The molecule has 0 atom stereocenters. The van der Waals surface area contributed by atoms with E-state index in [2.05, 4.69) is 12.2 Å². The van der Waals surface area contributed by atoms with E-state index in [1.807, 2.05) is 0 Å². The highest BCUT2D eigenvalue weighted by atomic mass is 16.6. The Bertz CT molecular complexity index is 1050. The maximum atomic E-state index is 11.7. The molecule has 0 heterocycles. The van der Waals surface area contributed by atoms with Gasteiger partial charge in [-0.3, -0.25) is 25.0 Å². The van der Waals surface area contributed by atoms with E-state index in [0.717, 1.165) is 18.9 Å². The monoisotopic (exact) mass is 763 g/mol. The number of benzene rings is 1. The molecule has 0 bridgehead atoms. The fourth-order valence-corrected chi connectivity index (χ4v) is 4.39. The van der Waals surface area contributed by atoms with Crippen LogP contribution in [0.5, 0.6) is 0 Å². The van der Waals surface area contributed by atoms with Crippen molar-refractivity contribution in [3.8, 4) is 0 Å². The lowest BCUT2D eigenvalue weighted by Gasteiger charge is -2.09. The number of non-ortho nitro benzene ring substituents is 1. The van der Waals surface area contributed by atoms with E-state index in [-0.39, 0.29) is 42.8 Å². The van der Waals surface area contributed by atoms with E-state index in [9.17, 15) is 25.0 Å². The first-order valence-corrected chi connectivity index (χ1v) is 18.5. The smallest absolute Gasteiger partial charge is 0.305 e. The third-order valence-corrected chi connectivity index (χ3v) is 7.15. The molecule has 0 aliphatic rings. The molecule has 53 heavy (non-hydrogen) atoms. The number of carbonyl (C=O) groups is 1. The molecule has 18 heteroatoms. The van der Waals surface area contributed by atoms with Gasteiger partial charge in [-0.2, -0.15) is 0 Å². The van der Waals surface area contributed by atoms with Crippen molar-refractivity contribution in [2.24, 2.45) is 0 Å². The van der Waals surface area contributed by atoms with Gasteiger partial charge >= 0.3 is 5.97 Å². The van der Waals surface area contributed by atoms with Gasteiger partial charge in [-0.1, -0.05) is 39.0 Å². The lowest BCUT2D eigenvalue weighted by molar-refractivity contribution is -0.393. The van der Waals surface area contributed by atoms with Gasteiger partial charge in [0.25, 0.3) is 11.4 Å². The molecular weight excluding hydrogens is 702 g/mol. The van der Waals surface area contributed by atoms with Crippen molar-refractivity contribution in [2.45, 2.75) is 51.9 Å². The number of anilines is 1. The number of nitrogens with zero attached hydrogens (tertiary/aromatic N) is 2. The number of nitro groups is 2. The third kappa shape index (κ3) is 30.0. The highest BCUT2D eigenvalue weighted by molar-refractivity contribution is 5.69. The first-order valence-electron chi connectivity index (χ1n) is 18.5. The average Bonchev–Trinajstić information content (AvgIpc) is 3.15. The van der Waals surface area contributed by atoms with Crippen LogP contribution in [-0.2, 0) is 52.2 Å². The Labute approximate surface area is 312 Å². The van der Waals surface area contributed by atoms with E-state index in [0.29, 0.717) is 119 Å². The SMILES string of the molecule is CCCCCCCCC(=O)OCCOCCOCCOCCOCCOCCOCCOCCOCCOCCNc1ccc([N+](=O)[O-])cc1[N+](=O)[O-]. The highest BCUT2D eigenvalue weighted by Gasteiger charge is 2.19. The van der Waals surface area contributed by atoms with Crippen LogP contribution in [0.2, 0.25) is 0 Å². The summed E-state index contributed by atoms with van der Waals surface area (Å²) >= 11 is 0. The summed E-state index contributed by atoms with van der Waals surface area (Å²) in [5.74, 6) is -0.157. The van der Waals surface area contributed by atoms with Crippen LogP contribution in [0.25, 0.3) is 0 Å². The van der Waals surface area contributed by atoms with Gasteiger partial charge in [-0.05, 0) is 12.5 Å². The van der Waals surface area contributed by atoms with Crippen LogP contribution in [0.1, 0.15) is 51.9 Å². The Hall–Kier alpha value is -3.07. The minimum absolute atomic E-state index is 0.157. The first kappa shape index (κ1) is 48.0. The van der Waals surface area contributed by atoms with E-state index in [1.54, 1.807) is 0 Å². The van der Waals surface area contributed by atoms with Gasteiger partial charge in [0, 0.05) is 19.0 Å². The van der Waals surface area contributed by atoms with Crippen LogP contribution in [0, 0.1) is 20.2 Å². The number of carbonyl (C=O) groups excluding carboxylic acids is 1. The predicted molar refractivity (Wildman–Crippen MR) is 195 cm³/mol. The van der Waals surface area contributed by atoms with Crippen molar-refractivity contribution in [1.29, 1.82) is 0 Å². The predicted octanol–water partition coefficient (Wildman–Crippen LogP) is 4.36. The van der Waals surface area contributed by atoms with Gasteiger partial charge in [0.1, 0.15) is 12.3 Å². The number of unbranched alkanes of at least 4 members (excludes halogenated alkanes) is 5. The molecule has 0 aliphatic carbocycles. The Morgan fingerprint density at radius 2 is 0.943 bits per heavy atom. The molecule has 0 amide bonds. The van der Waals surface area contributed by atoms with Gasteiger partial charge in [-0.15, -0.1) is 0 Å². The van der Waals surface area contributed by atoms with Gasteiger partial charge in [-0.25, -0.2) is 0 Å². The van der Waals surface area contributed by atoms with E-state index < -0.39 is 9.85 Å². The molecule has 0 spiro atoms. The molecule has 0 saturated heterocycles. The molecule has 18 nitrogen and oxygen atoms in total. The van der Waals surface area contributed by atoms with Crippen LogP contribution < -0.4 is 5.32 Å². The molecule has 0 aromatic heterocycles. The Balaban J connectivity index is 1.72. The van der Waals surface area contributed by atoms with Crippen LogP contribution in [-0.4, -0.2) is 148 Å². The van der Waals surface area contributed by atoms with Crippen molar-refractivity contribution in [1.82, 2.24) is 0 Å².